The topological polar surface area (TPSA) is 72.2 Å². The summed E-state index contributed by atoms with van der Waals surface area (Å²) < 4.78 is 53.5. The third-order valence-corrected chi connectivity index (χ3v) is 6.13. The van der Waals surface area contributed by atoms with Crippen LogP contribution in [-0.4, -0.2) is 75.9 Å². The highest BCUT2D eigenvalue weighted by Crippen LogP contribution is 2.41. The first-order valence-electron chi connectivity index (χ1n) is 10.3. The van der Waals surface area contributed by atoms with Gasteiger partial charge in [-0.1, -0.05) is 6.08 Å². The average molecular weight is 449 g/mol. The van der Waals surface area contributed by atoms with Crippen molar-refractivity contribution in [3.8, 4) is 0 Å². The van der Waals surface area contributed by atoms with Crippen molar-refractivity contribution in [1.29, 1.82) is 0 Å². The number of hydrogen-bond donors (Lipinski definition) is 0. The molecule has 1 amide bonds. The highest BCUT2D eigenvalue weighted by molar-refractivity contribution is 5.93. The van der Waals surface area contributed by atoms with Gasteiger partial charge >= 0.3 is 6.18 Å². The van der Waals surface area contributed by atoms with E-state index in [0.717, 1.165) is 6.07 Å². The van der Waals surface area contributed by atoms with Crippen molar-refractivity contribution in [2.24, 2.45) is 0 Å². The second kappa shape index (κ2) is 7.31. The maximum absolute atomic E-state index is 13.9. The fourth-order valence-electron chi connectivity index (χ4n) is 4.20. The van der Waals surface area contributed by atoms with Gasteiger partial charge in [0.05, 0.1) is 5.69 Å². The fourth-order valence-corrected chi connectivity index (χ4v) is 4.20. The molecule has 2 saturated heterocycles. The van der Waals surface area contributed by atoms with Crippen molar-refractivity contribution in [1.82, 2.24) is 24.4 Å². The first-order chi connectivity index (χ1) is 15.1. The smallest absolute Gasteiger partial charge is 0.433 e. The highest BCUT2D eigenvalue weighted by atomic mass is 19.4. The van der Waals surface area contributed by atoms with Gasteiger partial charge in [-0.25, -0.2) is 9.50 Å². The largest absolute Gasteiger partial charge is 0.469 e. The summed E-state index contributed by atoms with van der Waals surface area (Å²) in [6.07, 6.45) is -0.967. The van der Waals surface area contributed by atoms with Crippen LogP contribution in [0.25, 0.3) is 11.2 Å². The minimum atomic E-state index is -4.68. The summed E-state index contributed by atoms with van der Waals surface area (Å²) in [6, 6.07) is 2.29. The van der Waals surface area contributed by atoms with Gasteiger partial charge in [0, 0.05) is 38.7 Å². The molecule has 0 aromatic carbocycles. The third kappa shape index (κ3) is 3.55. The summed E-state index contributed by atoms with van der Waals surface area (Å²) in [5.41, 5.74) is -1.06. The quantitative estimate of drug-likeness (QED) is 0.702. The van der Waals surface area contributed by atoms with Crippen molar-refractivity contribution in [3.63, 3.8) is 0 Å². The molecule has 170 valence electrons. The molecular formula is C21H22F3N5O3. The number of allylic oxidation sites excluding steroid dienone is 2. The Bertz CT molecular complexity index is 1150. The van der Waals surface area contributed by atoms with E-state index < -0.39 is 23.4 Å². The van der Waals surface area contributed by atoms with Gasteiger partial charge < -0.3 is 19.3 Å². The van der Waals surface area contributed by atoms with Crippen LogP contribution in [0.3, 0.4) is 0 Å². The Kier molecular flexibility index (Phi) is 4.79. The van der Waals surface area contributed by atoms with E-state index in [9.17, 15) is 18.0 Å². The molecule has 4 heterocycles. The molecule has 3 aliphatic rings. The second-order valence-corrected chi connectivity index (χ2v) is 8.46. The lowest BCUT2D eigenvalue weighted by molar-refractivity contribution is -0.142. The van der Waals surface area contributed by atoms with Crippen LogP contribution < -0.4 is 0 Å². The van der Waals surface area contributed by atoms with Gasteiger partial charge in [0.15, 0.2) is 23.8 Å². The molecule has 2 fully saturated rings. The number of aromatic nitrogens is 3. The molecule has 1 unspecified atom stereocenters. The molecule has 11 heteroatoms. The lowest BCUT2D eigenvalue weighted by Gasteiger charge is -2.31. The Morgan fingerprint density at radius 3 is 2.62 bits per heavy atom. The van der Waals surface area contributed by atoms with Gasteiger partial charge in [-0.2, -0.15) is 18.3 Å². The number of likely N-dealkylation sites (N-methyl/N-ethyl adjacent to an activating group) is 1. The number of hydrogen-bond acceptors (Lipinski definition) is 6. The van der Waals surface area contributed by atoms with Crippen LogP contribution in [0.15, 0.2) is 30.0 Å². The monoisotopic (exact) mass is 449 g/mol. The maximum atomic E-state index is 13.9. The molecule has 5 rings (SSSR count). The van der Waals surface area contributed by atoms with Gasteiger partial charge in [-0.05, 0) is 31.7 Å². The van der Waals surface area contributed by atoms with Gasteiger partial charge in [-0.3, -0.25) is 4.79 Å². The molecular weight excluding hydrogens is 427 g/mol. The van der Waals surface area contributed by atoms with E-state index in [4.69, 9.17) is 9.47 Å². The summed E-state index contributed by atoms with van der Waals surface area (Å²) >= 11 is 0. The van der Waals surface area contributed by atoms with Crippen molar-refractivity contribution in [3.05, 3.63) is 47.1 Å². The number of amides is 1. The molecule has 0 saturated carbocycles. The van der Waals surface area contributed by atoms with Crippen molar-refractivity contribution in [2.75, 3.05) is 40.0 Å². The van der Waals surface area contributed by atoms with E-state index in [0.29, 0.717) is 48.4 Å². The van der Waals surface area contributed by atoms with Crippen LogP contribution in [0.5, 0.6) is 0 Å². The Morgan fingerprint density at radius 1 is 1.16 bits per heavy atom. The van der Waals surface area contributed by atoms with Crippen molar-refractivity contribution >= 4 is 17.1 Å². The standard InChI is InChI=1S/C21H22F3N5O3/c1-20-11-13(3-4-17(20)31-12-32-20)14-9-16(21(22,23)24)29-18(25-14)10-15(26-29)19(30)28-7-5-27(2)6-8-28/h3-4,9-10H,5-8,11-12H2,1-2H3. The predicted molar refractivity (Wildman–Crippen MR) is 108 cm³/mol. The number of rotatable bonds is 2. The Labute approximate surface area is 181 Å². The number of alkyl halides is 3. The molecule has 2 aromatic heterocycles. The van der Waals surface area contributed by atoms with Crippen LogP contribution in [0, 0.1) is 0 Å². The van der Waals surface area contributed by atoms with Crippen LogP contribution in [0.4, 0.5) is 13.2 Å². The SMILES string of the molecule is CN1CCN(C(=O)c2cc3nc(C4=CC=C5OCOC5(C)C4)cc(C(F)(F)F)n3n2)CC1. The lowest BCUT2D eigenvalue weighted by atomic mass is 9.88. The molecule has 0 radical (unpaired) electrons. The fraction of sp³-hybridized carbons (Fsp3) is 0.476. The molecule has 1 aliphatic carbocycles. The van der Waals surface area contributed by atoms with Gasteiger partial charge in [0.25, 0.3) is 5.91 Å². The normalized spacial score (nSPS) is 24.2. The third-order valence-electron chi connectivity index (χ3n) is 6.13. The number of nitrogens with zero attached hydrogens (tertiary/aromatic N) is 5. The van der Waals surface area contributed by atoms with Crippen molar-refractivity contribution < 1.29 is 27.4 Å². The Balaban J connectivity index is 1.54. The maximum Gasteiger partial charge on any atom is 0.433 e. The minimum Gasteiger partial charge on any atom is -0.469 e. The predicted octanol–water partition coefficient (Wildman–Crippen LogP) is 2.57. The number of piperazine rings is 1. The second-order valence-electron chi connectivity index (χ2n) is 8.46. The van der Waals surface area contributed by atoms with Gasteiger partial charge in [0.1, 0.15) is 11.4 Å². The van der Waals surface area contributed by atoms with Crippen molar-refractivity contribution in [2.45, 2.75) is 25.1 Å². The first-order valence-corrected chi connectivity index (χ1v) is 10.3. The lowest BCUT2D eigenvalue weighted by Crippen LogP contribution is -2.47. The van der Waals surface area contributed by atoms with E-state index in [-0.39, 0.29) is 23.8 Å². The zero-order chi connectivity index (χ0) is 22.7. The number of carbonyl (C=O) groups is 1. The van der Waals surface area contributed by atoms with E-state index in [1.165, 1.54) is 6.07 Å². The molecule has 0 spiro atoms. The molecule has 2 aliphatic heterocycles. The molecule has 1 atom stereocenters. The summed E-state index contributed by atoms with van der Waals surface area (Å²) in [5.74, 6) is 0.245. The molecule has 8 nitrogen and oxygen atoms in total. The number of ether oxygens (including phenoxy) is 2. The van der Waals surface area contributed by atoms with Gasteiger partial charge in [-0.15, -0.1) is 0 Å². The first kappa shape index (κ1) is 21.0. The Hall–Kier alpha value is -2.92. The highest BCUT2D eigenvalue weighted by Gasteiger charge is 2.41. The molecule has 2 aromatic rings. The van der Waals surface area contributed by atoms with Crippen LogP contribution >= 0.6 is 0 Å². The van der Waals surface area contributed by atoms with E-state index in [1.807, 2.05) is 14.0 Å². The molecule has 0 N–H and O–H groups in total. The molecule has 32 heavy (non-hydrogen) atoms. The van der Waals surface area contributed by atoms with E-state index in [2.05, 4.69) is 15.0 Å². The van der Waals surface area contributed by atoms with Gasteiger partial charge in [0.2, 0.25) is 0 Å². The number of halogens is 3. The minimum absolute atomic E-state index is 0.0308. The van der Waals surface area contributed by atoms with E-state index >= 15 is 0 Å². The van der Waals surface area contributed by atoms with E-state index in [1.54, 1.807) is 17.1 Å². The average Bonchev–Trinajstić information content (AvgIpc) is 3.34. The molecule has 0 bridgehead atoms. The van der Waals surface area contributed by atoms with Crippen LogP contribution in [0.1, 0.15) is 35.2 Å². The zero-order valence-corrected chi connectivity index (χ0v) is 17.6. The summed E-state index contributed by atoms with van der Waals surface area (Å²) in [7, 11) is 1.95. The number of carbonyl (C=O) groups excluding carboxylic acids is 1. The summed E-state index contributed by atoms with van der Waals surface area (Å²) in [5, 5.41) is 3.98. The summed E-state index contributed by atoms with van der Waals surface area (Å²) in [6.45, 7) is 4.32. The van der Waals surface area contributed by atoms with Crippen LogP contribution in [-0.2, 0) is 15.7 Å². The summed E-state index contributed by atoms with van der Waals surface area (Å²) in [4.78, 5) is 21.0. The zero-order valence-electron chi connectivity index (χ0n) is 17.6. The number of fused-ring (bicyclic) bond motifs is 2. The Morgan fingerprint density at radius 2 is 1.91 bits per heavy atom. The van der Waals surface area contributed by atoms with Crippen LogP contribution in [0.2, 0.25) is 0 Å².